The molecule has 0 radical (unpaired) electrons. The number of rotatable bonds is 0. The molecule has 0 atom stereocenters. The minimum atomic E-state index is 0.125. The molecule has 3 heteroatoms. The summed E-state index contributed by atoms with van der Waals surface area (Å²) in [4.78, 5) is 4.19. The number of terminal acetylenes is 2. The number of hydrogen-bond acceptors (Lipinski definition) is 2. The Morgan fingerprint density at radius 3 is 2.67 bits per heavy atom. The minimum Gasteiger partial charge on any atom is -0.506 e. The predicted octanol–water partition coefficient (Wildman–Crippen LogP) is 1.24. The summed E-state index contributed by atoms with van der Waals surface area (Å²) in [6, 6.07) is 3.18. The van der Waals surface area contributed by atoms with Gasteiger partial charge < -0.3 is 9.67 Å². The first kappa shape index (κ1) is 9.18. The summed E-state index contributed by atoms with van der Waals surface area (Å²) in [5.41, 5.74) is 1.76. The average molecular weight is 196 g/mol. The number of aryl methyl sites for hydroxylation is 1. The van der Waals surface area contributed by atoms with Gasteiger partial charge in [0.2, 0.25) is 0 Å². The highest BCUT2D eigenvalue weighted by Gasteiger charge is 2.12. The molecule has 0 spiro atoms. The lowest BCUT2D eigenvalue weighted by atomic mass is 10.2. The number of aromatic nitrogens is 2. The Hall–Kier alpha value is -2.39. The van der Waals surface area contributed by atoms with E-state index in [9.17, 15) is 5.11 Å². The average Bonchev–Trinajstić information content (AvgIpc) is 2.57. The van der Waals surface area contributed by atoms with Crippen molar-refractivity contribution in [3.63, 3.8) is 0 Å². The molecule has 0 unspecified atom stereocenters. The van der Waals surface area contributed by atoms with E-state index in [4.69, 9.17) is 12.8 Å². The molecule has 0 aliphatic rings. The Morgan fingerprint density at radius 1 is 1.33 bits per heavy atom. The van der Waals surface area contributed by atoms with Crippen molar-refractivity contribution in [2.45, 2.75) is 0 Å². The van der Waals surface area contributed by atoms with E-state index in [0.717, 1.165) is 0 Å². The van der Waals surface area contributed by atoms with Crippen LogP contribution >= 0.6 is 0 Å². The van der Waals surface area contributed by atoms with Gasteiger partial charge in [-0.25, -0.2) is 4.98 Å². The standard InChI is InChI=1S/C12H8N2O/c1-4-8-6-7-9(15)12-11(8)13-10(5-2)14(12)3/h1-2,6-7,15H,3H3. The van der Waals surface area contributed by atoms with Crippen molar-refractivity contribution in [3.8, 4) is 30.4 Å². The van der Waals surface area contributed by atoms with Crippen LogP contribution in [0.25, 0.3) is 11.0 Å². The number of benzene rings is 1. The molecule has 2 aromatic rings. The molecule has 0 amide bonds. The SMILES string of the molecule is C#Cc1ccc(O)c2c1nc(C#C)n2C. The third kappa shape index (κ3) is 1.14. The van der Waals surface area contributed by atoms with Gasteiger partial charge in [0.05, 0.1) is 5.56 Å². The summed E-state index contributed by atoms with van der Waals surface area (Å²) in [6.45, 7) is 0. The van der Waals surface area contributed by atoms with E-state index in [-0.39, 0.29) is 5.75 Å². The monoisotopic (exact) mass is 196 g/mol. The van der Waals surface area contributed by atoms with E-state index in [0.29, 0.717) is 22.4 Å². The van der Waals surface area contributed by atoms with Crippen LogP contribution < -0.4 is 0 Å². The summed E-state index contributed by atoms with van der Waals surface area (Å²) in [7, 11) is 1.74. The minimum absolute atomic E-state index is 0.125. The third-order valence-corrected chi connectivity index (χ3v) is 2.29. The molecule has 0 aliphatic carbocycles. The van der Waals surface area contributed by atoms with Crippen LogP contribution in [0.4, 0.5) is 0 Å². The van der Waals surface area contributed by atoms with Crippen LogP contribution in [0.5, 0.6) is 5.75 Å². The van der Waals surface area contributed by atoms with E-state index in [1.807, 2.05) is 0 Å². The zero-order valence-corrected chi connectivity index (χ0v) is 8.15. The topological polar surface area (TPSA) is 38.1 Å². The van der Waals surface area contributed by atoms with Gasteiger partial charge >= 0.3 is 0 Å². The maximum Gasteiger partial charge on any atom is 0.185 e. The van der Waals surface area contributed by atoms with Gasteiger partial charge in [-0.05, 0) is 18.1 Å². The van der Waals surface area contributed by atoms with Gasteiger partial charge in [-0.15, -0.1) is 12.8 Å². The summed E-state index contributed by atoms with van der Waals surface area (Å²) in [5.74, 6) is 5.51. The normalized spacial score (nSPS) is 9.80. The molecule has 0 aliphatic heterocycles. The van der Waals surface area contributed by atoms with Crippen LogP contribution in [0.15, 0.2) is 12.1 Å². The maximum absolute atomic E-state index is 9.68. The van der Waals surface area contributed by atoms with E-state index < -0.39 is 0 Å². The van der Waals surface area contributed by atoms with Crippen LogP contribution in [0.1, 0.15) is 11.4 Å². The van der Waals surface area contributed by atoms with Crippen LogP contribution in [-0.2, 0) is 7.05 Å². The van der Waals surface area contributed by atoms with Gasteiger partial charge in [-0.3, -0.25) is 0 Å². The molecule has 15 heavy (non-hydrogen) atoms. The highest BCUT2D eigenvalue weighted by Crippen LogP contribution is 2.27. The number of nitrogens with zero attached hydrogens (tertiary/aromatic N) is 2. The second-order valence-corrected chi connectivity index (χ2v) is 3.11. The third-order valence-electron chi connectivity index (χ3n) is 2.29. The smallest absolute Gasteiger partial charge is 0.185 e. The summed E-state index contributed by atoms with van der Waals surface area (Å²) >= 11 is 0. The molecule has 1 heterocycles. The second kappa shape index (κ2) is 3.08. The van der Waals surface area contributed by atoms with Crippen LogP contribution in [0, 0.1) is 24.7 Å². The summed E-state index contributed by atoms with van der Waals surface area (Å²) in [6.07, 6.45) is 10.6. The molecule has 2 rings (SSSR count). The largest absolute Gasteiger partial charge is 0.506 e. The Kier molecular flexibility index (Phi) is 1.88. The Bertz CT molecular complexity index is 624. The molecule has 0 bridgehead atoms. The van der Waals surface area contributed by atoms with Crippen molar-refractivity contribution in [2.24, 2.45) is 7.05 Å². The predicted molar refractivity (Wildman–Crippen MR) is 58.2 cm³/mol. The van der Waals surface area contributed by atoms with Crippen LogP contribution in [0.2, 0.25) is 0 Å². The first-order valence-electron chi connectivity index (χ1n) is 4.30. The molecule has 0 saturated carbocycles. The quantitative estimate of drug-likeness (QED) is 0.644. The van der Waals surface area contributed by atoms with Gasteiger partial charge in [-0.2, -0.15) is 0 Å². The molecule has 1 aromatic carbocycles. The second-order valence-electron chi connectivity index (χ2n) is 3.11. The van der Waals surface area contributed by atoms with Gasteiger partial charge in [-0.1, -0.05) is 5.92 Å². The first-order chi connectivity index (χ1) is 7.19. The summed E-state index contributed by atoms with van der Waals surface area (Å²) < 4.78 is 1.64. The van der Waals surface area contributed by atoms with Gasteiger partial charge in [0.25, 0.3) is 0 Å². The van der Waals surface area contributed by atoms with E-state index in [1.165, 1.54) is 0 Å². The van der Waals surface area contributed by atoms with Crippen molar-refractivity contribution >= 4 is 11.0 Å². The fourth-order valence-corrected chi connectivity index (χ4v) is 1.55. The van der Waals surface area contributed by atoms with Crippen LogP contribution in [0.3, 0.4) is 0 Å². The molecule has 0 saturated heterocycles. The molecular formula is C12H8N2O. The molecule has 3 nitrogen and oxygen atoms in total. The molecule has 1 N–H and O–H groups in total. The number of fused-ring (bicyclic) bond motifs is 1. The Balaban J connectivity index is 3.01. The van der Waals surface area contributed by atoms with Gasteiger partial charge in [0.15, 0.2) is 5.82 Å². The molecule has 0 fully saturated rings. The van der Waals surface area contributed by atoms with E-state index in [2.05, 4.69) is 16.8 Å². The lowest BCUT2D eigenvalue weighted by Crippen LogP contribution is -1.91. The Labute approximate surface area is 87.4 Å². The highest BCUT2D eigenvalue weighted by atomic mass is 16.3. The molecule has 1 aromatic heterocycles. The first-order valence-corrected chi connectivity index (χ1v) is 4.30. The number of aromatic hydroxyl groups is 1. The van der Waals surface area contributed by atoms with Crippen molar-refractivity contribution in [1.29, 1.82) is 0 Å². The molecule has 72 valence electrons. The fourth-order valence-electron chi connectivity index (χ4n) is 1.55. The van der Waals surface area contributed by atoms with Crippen molar-refractivity contribution in [3.05, 3.63) is 23.5 Å². The Morgan fingerprint density at radius 2 is 2.07 bits per heavy atom. The molecular weight excluding hydrogens is 188 g/mol. The summed E-state index contributed by atoms with van der Waals surface area (Å²) in [5, 5.41) is 9.68. The maximum atomic E-state index is 9.68. The highest BCUT2D eigenvalue weighted by molar-refractivity contribution is 5.88. The number of phenolic OH excluding ortho intramolecular Hbond substituents is 1. The van der Waals surface area contributed by atoms with E-state index in [1.54, 1.807) is 23.7 Å². The zero-order chi connectivity index (χ0) is 11.0. The fraction of sp³-hybridized carbons (Fsp3) is 0.0833. The van der Waals surface area contributed by atoms with Crippen molar-refractivity contribution in [1.82, 2.24) is 9.55 Å². The number of hydrogen-bond donors (Lipinski definition) is 1. The van der Waals surface area contributed by atoms with E-state index >= 15 is 0 Å². The lowest BCUT2D eigenvalue weighted by molar-refractivity contribution is 0.479. The number of imidazole rings is 1. The number of phenols is 1. The van der Waals surface area contributed by atoms with Crippen LogP contribution in [-0.4, -0.2) is 14.7 Å². The lowest BCUT2D eigenvalue weighted by Gasteiger charge is -1.99. The van der Waals surface area contributed by atoms with Gasteiger partial charge in [0, 0.05) is 7.05 Å². The zero-order valence-electron chi connectivity index (χ0n) is 8.15. The van der Waals surface area contributed by atoms with Crippen molar-refractivity contribution in [2.75, 3.05) is 0 Å². The van der Waals surface area contributed by atoms with Crippen molar-refractivity contribution < 1.29 is 5.11 Å². The van der Waals surface area contributed by atoms with Gasteiger partial charge in [0.1, 0.15) is 16.8 Å².